The third-order valence-electron chi connectivity index (χ3n) is 8.88. The summed E-state index contributed by atoms with van der Waals surface area (Å²) >= 11 is 0. The number of methoxy groups -OCH3 is 2. The van der Waals surface area contributed by atoms with Crippen molar-refractivity contribution in [3.63, 3.8) is 0 Å². The van der Waals surface area contributed by atoms with Crippen molar-refractivity contribution in [2.45, 2.75) is 30.1 Å². The highest BCUT2D eigenvalue weighted by Gasteiger charge is 2.47. The molecule has 50 heavy (non-hydrogen) atoms. The van der Waals surface area contributed by atoms with Crippen molar-refractivity contribution in [2.24, 2.45) is 0 Å². The van der Waals surface area contributed by atoms with Gasteiger partial charge in [0.1, 0.15) is 41.7 Å². The van der Waals surface area contributed by atoms with Crippen LogP contribution in [0.1, 0.15) is 33.3 Å². The fourth-order valence-electron chi connectivity index (χ4n) is 6.28. The van der Waals surface area contributed by atoms with Crippen molar-refractivity contribution >= 4 is 22.9 Å². The first-order valence-electron chi connectivity index (χ1n) is 16.0. The lowest BCUT2D eigenvalue weighted by Crippen LogP contribution is -2.39. The number of aliphatic hydroxyl groups excluding tert-OH is 2. The van der Waals surface area contributed by atoms with E-state index in [2.05, 4.69) is 20.3 Å². The van der Waals surface area contributed by atoms with Gasteiger partial charge in [0.25, 0.3) is 5.91 Å². The SMILES string of the molecule is COc1ccc(C(OC[C@H]2O[C@@H](n3cnc4c(NC(=O)c5ccccc5)ncnc43)C(O)C2O)(c2ccccc2)c2ccc(OC)cc2)cc1. The van der Waals surface area contributed by atoms with Crippen LogP contribution in [-0.2, 0) is 15.1 Å². The molecule has 0 saturated carbocycles. The quantitative estimate of drug-likeness (QED) is 0.165. The average molecular weight is 674 g/mol. The zero-order valence-corrected chi connectivity index (χ0v) is 27.3. The molecule has 4 aromatic carbocycles. The molecule has 1 saturated heterocycles. The first-order chi connectivity index (χ1) is 24.4. The first-order valence-corrected chi connectivity index (χ1v) is 16.0. The van der Waals surface area contributed by atoms with Gasteiger partial charge in [0.05, 0.1) is 27.2 Å². The molecule has 2 unspecified atom stereocenters. The first kappa shape index (κ1) is 32.9. The van der Waals surface area contributed by atoms with E-state index in [9.17, 15) is 15.0 Å². The maximum absolute atomic E-state index is 12.9. The van der Waals surface area contributed by atoms with Crippen LogP contribution in [0.4, 0.5) is 5.82 Å². The molecule has 3 heterocycles. The molecule has 12 heteroatoms. The average Bonchev–Trinajstić information content (AvgIpc) is 3.73. The van der Waals surface area contributed by atoms with Gasteiger partial charge >= 0.3 is 0 Å². The molecule has 12 nitrogen and oxygen atoms in total. The standard InChI is InChI=1S/C38H35N5O7/c1-47-28-17-13-26(14-18-28)38(25-11-7-4-8-12-25,27-15-19-29(48-2)20-16-27)49-21-30-32(44)33(45)37(50-30)43-23-41-31-34(39-22-40-35(31)43)42-36(46)24-9-5-3-6-10-24/h3-20,22-23,30,32-33,37,44-45H,21H2,1-2H3,(H,39,40,42,46)/t30-,32?,33?,37-/m1/s1. The molecule has 0 bridgehead atoms. The Hall–Kier alpha value is -5.66. The minimum atomic E-state index is -1.36. The molecule has 1 fully saturated rings. The summed E-state index contributed by atoms with van der Waals surface area (Å²) in [5, 5.41) is 25.4. The lowest BCUT2D eigenvalue weighted by atomic mass is 9.80. The number of imidazole rings is 1. The number of amides is 1. The third kappa shape index (κ3) is 6.05. The highest BCUT2D eigenvalue weighted by Crippen LogP contribution is 2.43. The van der Waals surface area contributed by atoms with Crippen molar-refractivity contribution in [1.82, 2.24) is 19.5 Å². The van der Waals surface area contributed by atoms with Crippen molar-refractivity contribution in [2.75, 3.05) is 26.1 Å². The van der Waals surface area contributed by atoms with E-state index in [0.717, 1.165) is 16.7 Å². The molecule has 0 spiro atoms. The summed E-state index contributed by atoms with van der Waals surface area (Å²) in [7, 11) is 3.22. The predicted molar refractivity (Wildman–Crippen MR) is 184 cm³/mol. The lowest BCUT2D eigenvalue weighted by molar-refractivity contribution is -0.0942. The number of rotatable bonds is 11. The fourth-order valence-corrected chi connectivity index (χ4v) is 6.28. The maximum Gasteiger partial charge on any atom is 0.256 e. The van der Waals surface area contributed by atoms with Crippen molar-refractivity contribution in [3.8, 4) is 11.5 Å². The van der Waals surface area contributed by atoms with E-state index in [0.29, 0.717) is 28.2 Å². The third-order valence-corrected chi connectivity index (χ3v) is 8.88. The minimum absolute atomic E-state index is 0.109. The van der Waals surface area contributed by atoms with Gasteiger partial charge in [-0.25, -0.2) is 15.0 Å². The summed E-state index contributed by atoms with van der Waals surface area (Å²) in [6, 6.07) is 33.7. The van der Waals surface area contributed by atoms with Crippen LogP contribution in [0.25, 0.3) is 11.2 Å². The molecule has 1 aliphatic rings. The molecule has 4 atom stereocenters. The van der Waals surface area contributed by atoms with Crippen molar-refractivity contribution < 1.29 is 34.0 Å². The van der Waals surface area contributed by atoms with E-state index in [1.807, 2.05) is 84.9 Å². The predicted octanol–water partition coefficient (Wildman–Crippen LogP) is 4.72. The van der Waals surface area contributed by atoms with E-state index in [1.54, 1.807) is 38.5 Å². The number of carbonyl (C=O) groups is 1. The Bertz CT molecular complexity index is 2010. The number of aliphatic hydroxyl groups is 2. The Morgan fingerprint density at radius 1 is 0.780 bits per heavy atom. The molecule has 1 amide bonds. The number of ether oxygens (including phenoxy) is 4. The van der Waals surface area contributed by atoms with Crippen LogP contribution < -0.4 is 14.8 Å². The maximum atomic E-state index is 12.9. The molecule has 0 aliphatic carbocycles. The molecule has 7 rings (SSSR count). The Kier molecular flexibility index (Phi) is 9.24. The minimum Gasteiger partial charge on any atom is -0.497 e. The molecule has 6 aromatic rings. The summed E-state index contributed by atoms with van der Waals surface area (Å²) in [5.41, 5.74) is 2.34. The molecule has 1 aliphatic heterocycles. The van der Waals surface area contributed by atoms with E-state index < -0.39 is 30.1 Å². The monoisotopic (exact) mass is 673 g/mol. The number of fused-ring (bicyclic) bond motifs is 1. The topological polar surface area (TPSA) is 150 Å². The van der Waals surface area contributed by atoms with Crippen LogP contribution in [-0.4, -0.2) is 74.8 Å². The molecule has 0 radical (unpaired) electrons. The van der Waals surface area contributed by atoms with Crippen LogP contribution in [0.3, 0.4) is 0 Å². The number of hydrogen-bond acceptors (Lipinski definition) is 10. The Morgan fingerprint density at radius 2 is 1.36 bits per heavy atom. The van der Waals surface area contributed by atoms with Gasteiger partial charge in [-0.1, -0.05) is 72.8 Å². The molecular weight excluding hydrogens is 638 g/mol. The van der Waals surface area contributed by atoms with Gasteiger partial charge in [-0.2, -0.15) is 0 Å². The van der Waals surface area contributed by atoms with Gasteiger partial charge in [-0.15, -0.1) is 0 Å². The number of nitrogens with zero attached hydrogens (tertiary/aromatic N) is 4. The van der Waals surface area contributed by atoms with E-state index in [4.69, 9.17) is 18.9 Å². The Balaban J connectivity index is 1.20. The summed E-state index contributed by atoms with van der Waals surface area (Å²) in [6.07, 6.45) is -1.97. The van der Waals surface area contributed by atoms with Crippen LogP contribution in [0.15, 0.2) is 122 Å². The number of nitrogens with one attached hydrogen (secondary N) is 1. The molecular formula is C38H35N5O7. The lowest BCUT2D eigenvalue weighted by Gasteiger charge is -2.37. The molecule has 3 N–H and O–H groups in total. The van der Waals surface area contributed by atoms with Gasteiger partial charge in [0, 0.05) is 5.56 Å². The van der Waals surface area contributed by atoms with Crippen molar-refractivity contribution in [3.05, 3.63) is 144 Å². The molecule has 2 aromatic heterocycles. The van der Waals surface area contributed by atoms with Crippen LogP contribution in [0, 0.1) is 0 Å². The number of anilines is 1. The fraction of sp³-hybridized carbons (Fsp3) is 0.211. The highest BCUT2D eigenvalue weighted by atomic mass is 16.6. The van der Waals surface area contributed by atoms with Crippen LogP contribution >= 0.6 is 0 Å². The van der Waals surface area contributed by atoms with Gasteiger partial charge in [0.2, 0.25) is 0 Å². The van der Waals surface area contributed by atoms with Gasteiger partial charge in [-0.3, -0.25) is 9.36 Å². The Labute approximate surface area is 287 Å². The van der Waals surface area contributed by atoms with Gasteiger partial charge < -0.3 is 34.5 Å². The van der Waals surface area contributed by atoms with Gasteiger partial charge in [0.15, 0.2) is 23.2 Å². The zero-order chi connectivity index (χ0) is 34.7. The number of aromatic nitrogens is 4. The van der Waals surface area contributed by atoms with Gasteiger partial charge in [-0.05, 0) is 53.1 Å². The van der Waals surface area contributed by atoms with E-state index >= 15 is 0 Å². The number of hydrogen-bond donors (Lipinski definition) is 3. The second kappa shape index (κ2) is 14.1. The van der Waals surface area contributed by atoms with Crippen LogP contribution in [0.5, 0.6) is 11.5 Å². The smallest absolute Gasteiger partial charge is 0.256 e. The van der Waals surface area contributed by atoms with E-state index in [1.165, 1.54) is 17.2 Å². The Morgan fingerprint density at radius 3 is 1.96 bits per heavy atom. The normalized spacial score (nSPS) is 19.0. The largest absolute Gasteiger partial charge is 0.497 e. The van der Waals surface area contributed by atoms with E-state index in [-0.39, 0.29) is 18.3 Å². The summed E-state index contributed by atoms with van der Waals surface area (Å²) in [4.78, 5) is 25.9. The summed E-state index contributed by atoms with van der Waals surface area (Å²) < 4.78 is 25.6. The number of carbonyl (C=O) groups excluding carboxylic acids is 1. The molecule has 254 valence electrons. The highest BCUT2D eigenvalue weighted by molar-refractivity contribution is 6.06. The number of benzene rings is 4. The summed E-state index contributed by atoms with van der Waals surface area (Å²) in [5.74, 6) is 1.21. The summed E-state index contributed by atoms with van der Waals surface area (Å²) in [6.45, 7) is -0.109. The van der Waals surface area contributed by atoms with Crippen LogP contribution in [0.2, 0.25) is 0 Å². The second-order valence-electron chi connectivity index (χ2n) is 11.7. The van der Waals surface area contributed by atoms with Crippen molar-refractivity contribution in [1.29, 1.82) is 0 Å². The zero-order valence-electron chi connectivity index (χ0n) is 27.3. The second-order valence-corrected chi connectivity index (χ2v) is 11.7.